The molecule has 0 aromatic heterocycles. The monoisotopic (exact) mass is 403 g/mol. The number of nitro groups is 1. The van der Waals surface area contributed by atoms with Gasteiger partial charge in [-0.2, -0.15) is 4.31 Å². The van der Waals surface area contributed by atoms with Crippen molar-refractivity contribution in [3.05, 3.63) is 58.1 Å². The largest absolute Gasteiger partial charge is 0.494 e. The number of piperidine rings is 1. The second-order valence-electron chi connectivity index (χ2n) is 6.41. The molecule has 0 atom stereocenters. The molecule has 1 saturated heterocycles. The fourth-order valence-electron chi connectivity index (χ4n) is 3.01. The number of hydrogen-bond acceptors (Lipinski definition) is 6. The molecule has 0 spiro atoms. The van der Waals surface area contributed by atoms with Gasteiger partial charge in [0.15, 0.2) is 0 Å². The second-order valence-corrected chi connectivity index (χ2v) is 8.34. The zero-order valence-corrected chi connectivity index (χ0v) is 16.3. The van der Waals surface area contributed by atoms with E-state index in [1.165, 1.54) is 35.7 Å². The van der Waals surface area contributed by atoms with Crippen LogP contribution in [-0.2, 0) is 10.0 Å². The lowest BCUT2D eigenvalue weighted by molar-refractivity contribution is -0.384. The molecule has 0 unspecified atom stereocenters. The number of nitrogens with zero attached hydrogens (tertiary/aromatic N) is 3. The number of sulfonamides is 1. The first kappa shape index (κ1) is 20.0. The molecular formula is C19H21N3O5S. The van der Waals surface area contributed by atoms with Crippen molar-refractivity contribution in [2.75, 3.05) is 20.2 Å². The predicted molar refractivity (Wildman–Crippen MR) is 106 cm³/mol. The van der Waals surface area contributed by atoms with Crippen LogP contribution in [0.4, 0.5) is 11.4 Å². The first-order chi connectivity index (χ1) is 13.4. The molecule has 1 heterocycles. The molecule has 148 valence electrons. The van der Waals surface area contributed by atoms with Crippen molar-refractivity contribution in [3.63, 3.8) is 0 Å². The van der Waals surface area contributed by atoms with Crippen LogP contribution in [0.2, 0.25) is 0 Å². The smallest absolute Gasteiger partial charge is 0.269 e. The number of hydrogen-bond donors (Lipinski definition) is 0. The molecule has 9 heteroatoms. The van der Waals surface area contributed by atoms with Gasteiger partial charge in [-0.3, -0.25) is 15.1 Å². The quantitative estimate of drug-likeness (QED) is 0.417. The highest BCUT2D eigenvalue weighted by Gasteiger charge is 2.26. The number of nitro benzene ring substituents is 1. The lowest BCUT2D eigenvalue weighted by Crippen LogP contribution is -2.35. The Morgan fingerprint density at radius 2 is 1.79 bits per heavy atom. The van der Waals surface area contributed by atoms with Gasteiger partial charge in [-0.15, -0.1) is 0 Å². The minimum Gasteiger partial charge on any atom is -0.494 e. The van der Waals surface area contributed by atoms with Crippen LogP contribution in [-0.4, -0.2) is 44.1 Å². The SMILES string of the molecule is COc1cc(S(=O)(=O)N2CCCCC2)ccc1N=Cc1ccc([N+](=O)[O-])cc1. The summed E-state index contributed by atoms with van der Waals surface area (Å²) < 4.78 is 32.4. The minimum absolute atomic E-state index is 0.00185. The van der Waals surface area contributed by atoms with Gasteiger partial charge < -0.3 is 4.74 Å². The summed E-state index contributed by atoms with van der Waals surface area (Å²) in [6, 6.07) is 10.6. The molecule has 2 aromatic carbocycles. The van der Waals surface area contributed by atoms with Crippen LogP contribution in [0.25, 0.3) is 0 Å². The lowest BCUT2D eigenvalue weighted by Gasteiger charge is -2.26. The summed E-state index contributed by atoms with van der Waals surface area (Å²) in [4.78, 5) is 14.7. The lowest BCUT2D eigenvalue weighted by atomic mass is 10.2. The molecule has 3 rings (SSSR count). The standard InChI is InChI=1S/C19H21N3O5S/c1-27-19-13-17(28(25,26)21-11-3-2-4-12-21)9-10-18(19)20-14-15-5-7-16(8-6-15)22(23)24/h5-10,13-14H,2-4,11-12H2,1H3. The number of benzene rings is 2. The third kappa shape index (κ3) is 4.37. The Balaban J connectivity index is 1.84. The van der Waals surface area contributed by atoms with E-state index < -0.39 is 14.9 Å². The van der Waals surface area contributed by atoms with E-state index in [-0.39, 0.29) is 10.6 Å². The van der Waals surface area contributed by atoms with Crippen LogP contribution in [0.1, 0.15) is 24.8 Å². The van der Waals surface area contributed by atoms with Gasteiger partial charge in [0.25, 0.3) is 5.69 Å². The third-order valence-corrected chi connectivity index (χ3v) is 6.46. The molecule has 28 heavy (non-hydrogen) atoms. The zero-order chi connectivity index (χ0) is 20.1. The number of methoxy groups -OCH3 is 1. The highest BCUT2D eigenvalue weighted by Crippen LogP contribution is 2.32. The summed E-state index contributed by atoms with van der Waals surface area (Å²) >= 11 is 0. The maximum Gasteiger partial charge on any atom is 0.269 e. The fraction of sp³-hybridized carbons (Fsp3) is 0.316. The van der Waals surface area contributed by atoms with Gasteiger partial charge in [-0.1, -0.05) is 6.42 Å². The summed E-state index contributed by atoms with van der Waals surface area (Å²) in [7, 11) is -2.10. The van der Waals surface area contributed by atoms with E-state index in [9.17, 15) is 18.5 Å². The van der Waals surface area contributed by atoms with Crippen molar-refractivity contribution >= 4 is 27.6 Å². The third-order valence-electron chi connectivity index (χ3n) is 4.56. The summed E-state index contributed by atoms with van der Waals surface area (Å²) in [5, 5.41) is 10.7. The molecular weight excluding hydrogens is 382 g/mol. The molecule has 0 N–H and O–H groups in total. The maximum atomic E-state index is 12.8. The molecule has 0 radical (unpaired) electrons. The Morgan fingerprint density at radius 1 is 1.11 bits per heavy atom. The van der Waals surface area contributed by atoms with Gasteiger partial charge in [-0.25, -0.2) is 8.42 Å². The van der Waals surface area contributed by atoms with Crippen molar-refractivity contribution in [1.29, 1.82) is 0 Å². The van der Waals surface area contributed by atoms with Crippen LogP contribution in [0, 0.1) is 10.1 Å². The number of non-ortho nitro benzene ring substituents is 1. The maximum absolute atomic E-state index is 12.8. The van der Waals surface area contributed by atoms with E-state index in [1.807, 2.05) is 0 Å². The van der Waals surface area contributed by atoms with E-state index in [1.54, 1.807) is 24.4 Å². The van der Waals surface area contributed by atoms with Gasteiger partial charge in [-0.05, 0) is 42.7 Å². The van der Waals surface area contributed by atoms with Crippen LogP contribution in [0.15, 0.2) is 52.4 Å². The van der Waals surface area contributed by atoms with Crippen molar-refractivity contribution in [2.45, 2.75) is 24.2 Å². The summed E-state index contributed by atoms with van der Waals surface area (Å²) in [5.74, 6) is 0.344. The topological polar surface area (TPSA) is 102 Å². The van der Waals surface area contributed by atoms with Crippen molar-refractivity contribution < 1.29 is 18.1 Å². The molecule has 1 fully saturated rings. The van der Waals surface area contributed by atoms with E-state index in [2.05, 4.69) is 4.99 Å². The van der Waals surface area contributed by atoms with Gasteiger partial charge in [0.05, 0.1) is 16.9 Å². The average Bonchev–Trinajstić information content (AvgIpc) is 2.73. The first-order valence-corrected chi connectivity index (χ1v) is 10.3. The normalized spacial score (nSPS) is 15.6. The Morgan fingerprint density at radius 3 is 2.39 bits per heavy atom. The van der Waals surface area contributed by atoms with Crippen LogP contribution < -0.4 is 4.74 Å². The van der Waals surface area contributed by atoms with Gasteiger partial charge in [0, 0.05) is 37.5 Å². The summed E-state index contributed by atoms with van der Waals surface area (Å²) in [5.41, 5.74) is 1.15. The van der Waals surface area contributed by atoms with Crippen LogP contribution >= 0.6 is 0 Å². The Hall–Kier alpha value is -2.78. The van der Waals surface area contributed by atoms with E-state index in [0.29, 0.717) is 30.1 Å². The van der Waals surface area contributed by atoms with Crippen molar-refractivity contribution in [2.24, 2.45) is 4.99 Å². The summed E-state index contributed by atoms with van der Waals surface area (Å²) in [6.45, 7) is 1.06. The molecule has 1 aliphatic heterocycles. The first-order valence-electron chi connectivity index (χ1n) is 8.88. The second kappa shape index (κ2) is 8.49. The van der Waals surface area contributed by atoms with E-state index in [4.69, 9.17) is 4.74 Å². The zero-order valence-electron chi connectivity index (χ0n) is 15.4. The predicted octanol–water partition coefficient (Wildman–Crippen LogP) is 3.53. The minimum atomic E-state index is -3.55. The molecule has 0 bridgehead atoms. The highest BCUT2D eigenvalue weighted by atomic mass is 32.2. The summed E-state index contributed by atoms with van der Waals surface area (Å²) in [6.07, 6.45) is 4.33. The van der Waals surface area contributed by atoms with Crippen LogP contribution in [0.5, 0.6) is 5.75 Å². The number of rotatable bonds is 6. The van der Waals surface area contributed by atoms with E-state index >= 15 is 0 Å². The van der Waals surface area contributed by atoms with Gasteiger partial charge in [0.1, 0.15) is 11.4 Å². The van der Waals surface area contributed by atoms with Crippen molar-refractivity contribution in [1.82, 2.24) is 4.31 Å². The fourth-order valence-corrected chi connectivity index (χ4v) is 4.54. The Kier molecular flexibility index (Phi) is 6.05. The average molecular weight is 403 g/mol. The highest BCUT2D eigenvalue weighted by molar-refractivity contribution is 7.89. The van der Waals surface area contributed by atoms with Gasteiger partial charge >= 0.3 is 0 Å². The molecule has 8 nitrogen and oxygen atoms in total. The van der Waals surface area contributed by atoms with E-state index in [0.717, 1.165) is 19.3 Å². The molecule has 0 aliphatic carbocycles. The Labute approximate surface area is 163 Å². The van der Waals surface area contributed by atoms with Crippen molar-refractivity contribution in [3.8, 4) is 5.75 Å². The molecule has 0 amide bonds. The number of aliphatic imine (C=N–C) groups is 1. The molecule has 0 saturated carbocycles. The molecule has 1 aliphatic rings. The number of ether oxygens (including phenoxy) is 1. The molecule has 2 aromatic rings. The van der Waals surface area contributed by atoms with Crippen LogP contribution in [0.3, 0.4) is 0 Å². The Bertz CT molecular complexity index is 981. The van der Waals surface area contributed by atoms with Gasteiger partial charge in [0.2, 0.25) is 10.0 Å².